The van der Waals surface area contributed by atoms with Gasteiger partial charge in [0, 0.05) is 26.2 Å². The van der Waals surface area contributed by atoms with Crippen molar-refractivity contribution in [1.29, 1.82) is 0 Å². The molecule has 0 aromatic heterocycles. The van der Waals surface area contributed by atoms with Gasteiger partial charge in [0.1, 0.15) is 0 Å². The molecule has 1 aliphatic rings. The molecule has 120 valence electrons. The van der Waals surface area contributed by atoms with Crippen LogP contribution in [0.3, 0.4) is 0 Å². The number of hydrogen-bond acceptors (Lipinski definition) is 6. The predicted octanol–water partition coefficient (Wildman–Crippen LogP) is -0.0564. The van der Waals surface area contributed by atoms with Crippen molar-refractivity contribution < 1.29 is 25.2 Å². The zero-order valence-corrected chi connectivity index (χ0v) is 13.8. The highest BCUT2D eigenvalue weighted by Crippen LogP contribution is 2.15. The van der Waals surface area contributed by atoms with Gasteiger partial charge in [-0.25, -0.2) is 0 Å². The highest BCUT2D eigenvalue weighted by atomic mass is 32.2. The van der Waals surface area contributed by atoms with Crippen LogP contribution < -0.4 is 0 Å². The van der Waals surface area contributed by atoms with Crippen molar-refractivity contribution in [2.45, 2.75) is 39.9 Å². The average Bonchev–Trinajstić information content (AvgIpc) is 2.25. The summed E-state index contributed by atoms with van der Waals surface area (Å²) >= 11 is 0. The van der Waals surface area contributed by atoms with Gasteiger partial charge >= 0.3 is 20.6 Å². The summed E-state index contributed by atoms with van der Waals surface area (Å²) in [5, 5.41) is 0. The maximum atomic E-state index is 11.8. The molecule has 0 aromatic carbocycles. The van der Waals surface area contributed by atoms with Gasteiger partial charge in [-0.2, -0.15) is 25.4 Å². The van der Waals surface area contributed by atoms with Gasteiger partial charge in [-0.1, -0.05) is 0 Å². The van der Waals surface area contributed by atoms with Crippen LogP contribution in [0.1, 0.15) is 27.7 Å². The fourth-order valence-electron chi connectivity index (χ4n) is 1.73. The molecule has 1 fully saturated rings. The minimum absolute atomic E-state index is 0.0513. The van der Waals surface area contributed by atoms with Gasteiger partial charge in [-0.3, -0.25) is 8.37 Å². The van der Waals surface area contributed by atoms with E-state index < -0.39 is 32.8 Å². The second kappa shape index (κ2) is 6.67. The molecule has 0 radical (unpaired) electrons. The van der Waals surface area contributed by atoms with E-state index in [1.807, 2.05) is 0 Å². The molecule has 8 nitrogen and oxygen atoms in total. The first-order chi connectivity index (χ1) is 9.04. The van der Waals surface area contributed by atoms with Crippen LogP contribution >= 0.6 is 0 Å². The van der Waals surface area contributed by atoms with E-state index in [-0.39, 0.29) is 26.2 Å². The molecule has 0 atom stereocenters. The van der Waals surface area contributed by atoms with E-state index >= 15 is 0 Å². The highest BCUT2D eigenvalue weighted by Gasteiger charge is 2.33. The van der Waals surface area contributed by atoms with Crippen molar-refractivity contribution in [3.05, 3.63) is 0 Å². The van der Waals surface area contributed by atoms with Crippen molar-refractivity contribution in [3.63, 3.8) is 0 Å². The van der Waals surface area contributed by atoms with E-state index in [0.717, 1.165) is 8.61 Å². The average molecular weight is 330 g/mol. The van der Waals surface area contributed by atoms with E-state index in [0.29, 0.717) is 0 Å². The summed E-state index contributed by atoms with van der Waals surface area (Å²) in [5.74, 6) is 0. The van der Waals surface area contributed by atoms with Crippen molar-refractivity contribution in [3.8, 4) is 0 Å². The first-order valence-electron chi connectivity index (χ1n) is 6.41. The van der Waals surface area contributed by atoms with Crippen LogP contribution in [-0.4, -0.2) is 63.8 Å². The lowest BCUT2D eigenvalue weighted by molar-refractivity contribution is 0.172. The Kier molecular flexibility index (Phi) is 5.93. The van der Waals surface area contributed by atoms with Crippen molar-refractivity contribution in [2.75, 3.05) is 26.2 Å². The summed E-state index contributed by atoms with van der Waals surface area (Å²) in [6, 6.07) is 0. The molecule has 0 bridgehead atoms. The second-order valence-corrected chi connectivity index (χ2v) is 8.13. The first kappa shape index (κ1) is 17.8. The molecule has 0 N–H and O–H groups in total. The Labute approximate surface area is 121 Å². The van der Waals surface area contributed by atoms with Crippen molar-refractivity contribution >= 4 is 20.6 Å². The third-order valence-electron chi connectivity index (χ3n) is 2.46. The highest BCUT2D eigenvalue weighted by molar-refractivity contribution is 7.84. The van der Waals surface area contributed by atoms with Crippen molar-refractivity contribution in [1.82, 2.24) is 8.61 Å². The Hall–Kier alpha value is -0.260. The molecular formula is C10H22N2O6S2. The Morgan fingerprint density at radius 2 is 0.950 bits per heavy atom. The molecule has 0 spiro atoms. The van der Waals surface area contributed by atoms with E-state index in [1.54, 1.807) is 27.7 Å². The van der Waals surface area contributed by atoms with E-state index in [4.69, 9.17) is 8.37 Å². The number of nitrogens with zero attached hydrogens (tertiary/aromatic N) is 2. The summed E-state index contributed by atoms with van der Waals surface area (Å²) in [6.45, 7) is 6.68. The quantitative estimate of drug-likeness (QED) is 0.677. The van der Waals surface area contributed by atoms with E-state index in [1.165, 1.54) is 0 Å². The van der Waals surface area contributed by atoms with Crippen LogP contribution in [0.25, 0.3) is 0 Å². The molecule has 0 aromatic rings. The Bertz CT molecular complexity index is 458. The van der Waals surface area contributed by atoms with Crippen LogP contribution in [0, 0.1) is 0 Å². The molecule has 0 saturated carbocycles. The van der Waals surface area contributed by atoms with Gasteiger partial charge in [0.2, 0.25) is 0 Å². The fraction of sp³-hybridized carbons (Fsp3) is 1.00. The maximum absolute atomic E-state index is 11.8. The summed E-state index contributed by atoms with van der Waals surface area (Å²) < 4.78 is 59.3. The molecule has 1 heterocycles. The number of piperazine rings is 1. The maximum Gasteiger partial charge on any atom is 0.338 e. The zero-order valence-electron chi connectivity index (χ0n) is 12.1. The van der Waals surface area contributed by atoms with E-state index in [9.17, 15) is 16.8 Å². The SMILES string of the molecule is CC(C)OS(=O)(=O)N1CCN(S(=O)(=O)OC(C)C)CC1. The van der Waals surface area contributed by atoms with Crippen molar-refractivity contribution in [2.24, 2.45) is 0 Å². The van der Waals surface area contributed by atoms with Gasteiger partial charge in [-0.05, 0) is 27.7 Å². The predicted molar refractivity (Wildman–Crippen MR) is 73.4 cm³/mol. The standard InChI is InChI=1S/C10H22N2O6S2/c1-9(2)17-19(13,14)11-5-7-12(8-6-11)20(15,16)18-10(3)4/h9-10H,5-8H2,1-4H3. The third kappa shape index (κ3) is 4.93. The topological polar surface area (TPSA) is 93.2 Å². The molecule has 10 heteroatoms. The first-order valence-corrected chi connectivity index (χ1v) is 9.14. The van der Waals surface area contributed by atoms with Gasteiger partial charge in [-0.15, -0.1) is 0 Å². The largest absolute Gasteiger partial charge is 0.338 e. The van der Waals surface area contributed by atoms with Crippen LogP contribution in [0.2, 0.25) is 0 Å². The molecule has 0 aliphatic carbocycles. The molecule has 1 aliphatic heterocycles. The van der Waals surface area contributed by atoms with Gasteiger partial charge < -0.3 is 0 Å². The molecule has 20 heavy (non-hydrogen) atoms. The van der Waals surface area contributed by atoms with Gasteiger partial charge in [0.25, 0.3) is 0 Å². The normalized spacial score (nSPS) is 19.9. The lowest BCUT2D eigenvalue weighted by atomic mass is 10.4. The van der Waals surface area contributed by atoms with Crippen LogP contribution in [-0.2, 0) is 29.0 Å². The zero-order chi connectivity index (χ0) is 15.6. The number of rotatable bonds is 6. The summed E-state index contributed by atoms with van der Waals surface area (Å²) in [6.07, 6.45) is -0.905. The van der Waals surface area contributed by atoms with Gasteiger partial charge in [0.15, 0.2) is 0 Å². The minimum atomic E-state index is -3.80. The Balaban J connectivity index is 2.65. The Morgan fingerprint density at radius 3 is 1.15 bits per heavy atom. The van der Waals surface area contributed by atoms with Crippen LogP contribution in [0.4, 0.5) is 0 Å². The summed E-state index contributed by atoms with van der Waals surface area (Å²) in [7, 11) is -7.61. The monoisotopic (exact) mass is 330 g/mol. The molecule has 0 amide bonds. The summed E-state index contributed by atoms with van der Waals surface area (Å²) in [5.41, 5.74) is 0. The lowest BCUT2D eigenvalue weighted by Gasteiger charge is -2.32. The molecular weight excluding hydrogens is 308 g/mol. The minimum Gasteiger partial charge on any atom is -0.255 e. The van der Waals surface area contributed by atoms with E-state index in [2.05, 4.69) is 0 Å². The third-order valence-corrected chi connectivity index (χ3v) is 5.71. The molecule has 0 unspecified atom stereocenters. The fourth-order valence-corrected chi connectivity index (χ4v) is 4.16. The molecule has 1 saturated heterocycles. The number of hydrogen-bond donors (Lipinski definition) is 0. The Morgan fingerprint density at radius 1 is 0.700 bits per heavy atom. The second-order valence-electron chi connectivity index (χ2n) is 5.00. The summed E-state index contributed by atoms with van der Waals surface area (Å²) in [4.78, 5) is 0. The van der Waals surface area contributed by atoms with Crippen LogP contribution in [0.15, 0.2) is 0 Å². The molecule has 1 rings (SSSR count). The smallest absolute Gasteiger partial charge is 0.255 e. The van der Waals surface area contributed by atoms with Crippen LogP contribution in [0.5, 0.6) is 0 Å². The van der Waals surface area contributed by atoms with Gasteiger partial charge in [0.05, 0.1) is 12.2 Å². The lowest BCUT2D eigenvalue weighted by Crippen LogP contribution is -2.51.